The number of nitrogens with two attached hydrogens (primary N) is 1. The first kappa shape index (κ1) is 10.8. The molecule has 76 valence electrons. The van der Waals surface area contributed by atoms with Crippen LogP contribution in [0.25, 0.3) is 0 Å². The van der Waals surface area contributed by atoms with Crippen molar-refractivity contribution >= 4 is 11.5 Å². The van der Waals surface area contributed by atoms with E-state index in [2.05, 4.69) is 37.9 Å². The molecule has 0 saturated carbocycles. The summed E-state index contributed by atoms with van der Waals surface area (Å²) in [4.78, 5) is 4.37. The van der Waals surface area contributed by atoms with E-state index in [0.29, 0.717) is 5.84 Å². The Kier molecular flexibility index (Phi) is 3.28. The van der Waals surface area contributed by atoms with Crippen LogP contribution in [0.15, 0.2) is 17.1 Å². The van der Waals surface area contributed by atoms with E-state index in [9.17, 15) is 0 Å². The molecule has 0 amide bonds. The molecular formula is C12H18N2. The van der Waals surface area contributed by atoms with Gasteiger partial charge in [-0.1, -0.05) is 13.0 Å². The summed E-state index contributed by atoms with van der Waals surface area (Å²) in [7, 11) is 0. The first-order valence-corrected chi connectivity index (χ1v) is 4.95. The number of aliphatic imine (C=N–C) groups is 1. The summed E-state index contributed by atoms with van der Waals surface area (Å²) in [6.45, 7) is 8.28. The lowest BCUT2D eigenvalue weighted by molar-refractivity contribution is 1.22. The van der Waals surface area contributed by atoms with Crippen molar-refractivity contribution in [2.75, 3.05) is 0 Å². The van der Waals surface area contributed by atoms with Gasteiger partial charge in [0.25, 0.3) is 0 Å². The molecule has 0 aliphatic heterocycles. The number of hydrogen-bond acceptors (Lipinski definition) is 1. The first-order valence-electron chi connectivity index (χ1n) is 4.95. The maximum Gasteiger partial charge on any atom is 0.0993 e. The van der Waals surface area contributed by atoms with E-state index in [1.165, 1.54) is 16.7 Å². The molecule has 0 unspecified atom stereocenters. The molecule has 2 heteroatoms. The minimum absolute atomic E-state index is 0.691. The predicted molar refractivity (Wildman–Crippen MR) is 62.2 cm³/mol. The molecule has 0 radical (unpaired) electrons. The van der Waals surface area contributed by atoms with Gasteiger partial charge in [0.05, 0.1) is 11.5 Å². The molecular weight excluding hydrogens is 172 g/mol. The fourth-order valence-electron chi connectivity index (χ4n) is 1.30. The van der Waals surface area contributed by atoms with Crippen LogP contribution in [0, 0.1) is 20.8 Å². The number of nitrogens with zero attached hydrogens (tertiary/aromatic N) is 1. The van der Waals surface area contributed by atoms with E-state index in [0.717, 1.165) is 12.1 Å². The Morgan fingerprint density at radius 2 is 1.71 bits per heavy atom. The summed E-state index contributed by atoms with van der Waals surface area (Å²) in [6, 6.07) is 4.24. The predicted octanol–water partition coefficient (Wildman–Crippen LogP) is 3.01. The van der Waals surface area contributed by atoms with Gasteiger partial charge in [-0.2, -0.15) is 0 Å². The minimum Gasteiger partial charge on any atom is -0.387 e. The number of aryl methyl sites for hydroxylation is 3. The molecule has 1 aromatic rings. The summed E-state index contributed by atoms with van der Waals surface area (Å²) in [5.74, 6) is 0.691. The molecule has 0 heterocycles. The molecule has 0 atom stereocenters. The lowest BCUT2D eigenvalue weighted by Crippen LogP contribution is -2.08. The Morgan fingerprint density at radius 3 is 2.29 bits per heavy atom. The standard InChI is InChI=1S/C12H18N2/c1-5-12(13)14-11-7-9(3)8(2)6-10(11)4/h6-7H,5H2,1-4H3,(H2,13,14). The summed E-state index contributed by atoms with van der Waals surface area (Å²) in [6.07, 6.45) is 0.798. The van der Waals surface area contributed by atoms with Gasteiger partial charge < -0.3 is 5.73 Å². The van der Waals surface area contributed by atoms with Gasteiger partial charge in [-0.3, -0.25) is 0 Å². The average Bonchev–Trinajstić information content (AvgIpc) is 2.14. The maximum atomic E-state index is 5.71. The van der Waals surface area contributed by atoms with Gasteiger partial charge in [0, 0.05) is 6.42 Å². The summed E-state index contributed by atoms with van der Waals surface area (Å²) >= 11 is 0. The van der Waals surface area contributed by atoms with Gasteiger partial charge in [-0.15, -0.1) is 0 Å². The molecule has 2 nitrogen and oxygen atoms in total. The molecule has 0 spiro atoms. The number of rotatable bonds is 2. The fourth-order valence-corrected chi connectivity index (χ4v) is 1.30. The first-order chi connectivity index (χ1) is 6.54. The smallest absolute Gasteiger partial charge is 0.0993 e. The van der Waals surface area contributed by atoms with E-state index in [4.69, 9.17) is 5.73 Å². The van der Waals surface area contributed by atoms with Gasteiger partial charge in [-0.05, 0) is 43.5 Å². The van der Waals surface area contributed by atoms with Crippen LogP contribution in [-0.2, 0) is 0 Å². The van der Waals surface area contributed by atoms with E-state index >= 15 is 0 Å². The molecule has 0 fully saturated rings. The van der Waals surface area contributed by atoms with Crippen molar-refractivity contribution in [3.63, 3.8) is 0 Å². The van der Waals surface area contributed by atoms with E-state index < -0.39 is 0 Å². The highest BCUT2D eigenvalue weighted by atomic mass is 14.9. The van der Waals surface area contributed by atoms with E-state index in [1.54, 1.807) is 0 Å². The lowest BCUT2D eigenvalue weighted by Gasteiger charge is -2.06. The molecule has 1 aromatic carbocycles. The zero-order valence-electron chi connectivity index (χ0n) is 9.39. The minimum atomic E-state index is 0.691. The van der Waals surface area contributed by atoms with Crippen LogP contribution in [0.4, 0.5) is 5.69 Å². The molecule has 1 rings (SSSR count). The third kappa shape index (κ3) is 2.34. The molecule has 0 aliphatic rings. The summed E-state index contributed by atoms with van der Waals surface area (Å²) in [5, 5.41) is 0. The quantitative estimate of drug-likeness (QED) is 0.565. The zero-order chi connectivity index (χ0) is 10.7. The number of amidine groups is 1. The summed E-state index contributed by atoms with van der Waals surface area (Å²) < 4.78 is 0. The highest BCUT2D eigenvalue weighted by molar-refractivity contribution is 5.83. The van der Waals surface area contributed by atoms with Gasteiger partial charge in [0.15, 0.2) is 0 Å². The van der Waals surface area contributed by atoms with Crippen molar-refractivity contribution < 1.29 is 0 Å². The van der Waals surface area contributed by atoms with Crippen molar-refractivity contribution in [1.82, 2.24) is 0 Å². The SMILES string of the molecule is CCC(N)=Nc1cc(C)c(C)cc1C. The van der Waals surface area contributed by atoms with Crippen molar-refractivity contribution in [3.05, 3.63) is 28.8 Å². The maximum absolute atomic E-state index is 5.71. The Morgan fingerprint density at radius 1 is 1.14 bits per heavy atom. The lowest BCUT2D eigenvalue weighted by atomic mass is 10.1. The van der Waals surface area contributed by atoms with Crippen LogP contribution >= 0.6 is 0 Å². The van der Waals surface area contributed by atoms with Crippen LogP contribution in [-0.4, -0.2) is 5.84 Å². The largest absolute Gasteiger partial charge is 0.387 e. The second-order valence-electron chi connectivity index (χ2n) is 3.68. The molecule has 2 N–H and O–H groups in total. The molecule has 0 aromatic heterocycles. The monoisotopic (exact) mass is 190 g/mol. The van der Waals surface area contributed by atoms with Crippen molar-refractivity contribution in [2.45, 2.75) is 34.1 Å². The average molecular weight is 190 g/mol. The van der Waals surface area contributed by atoms with Crippen LogP contribution in [0.1, 0.15) is 30.0 Å². The van der Waals surface area contributed by atoms with Gasteiger partial charge in [-0.25, -0.2) is 4.99 Å². The molecule has 0 bridgehead atoms. The topological polar surface area (TPSA) is 38.4 Å². The highest BCUT2D eigenvalue weighted by Gasteiger charge is 2.00. The second-order valence-corrected chi connectivity index (χ2v) is 3.68. The van der Waals surface area contributed by atoms with E-state index in [1.807, 2.05) is 6.92 Å². The van der Waals surface area contributed by atoms with Crippen molar-refractivity contribution in [2.24, 2.45) is 10.7 Å². The Bertz CT molecular complexity index is 365. The number of benzene rings is 1. The molecule has 14 heavy (non-hydrogen) atoms. The normalized spacial score (nSPS) is 11.9. The van der Waals surface area contributed by atoms with Crippen LogP contribution < -0.4 is 5.73 Å². The van der Waals surface area contributed by atoms with Crippen molar-refractivity contribution in [3.8, 4) is 0 Å². The van der Waals surface area contributed by atoms with Gasteiger partial charge >= 0.3 is 0 Å². The summed E-state index contributed by atoms with van der Waals surface area (Å²) in [5.41, 5.74) is 10.5. The van der Waals surface area contributed by atoms with E-state index in [-0.39, 0.29) is 0 Å². The Labute approximate surface area is 85.9 Å². The molecule has 0 aliphatic carbocycles. The highest BCUT2D eigenvalue weighted by Crippen LogP contribution is 2.22. The second kappa shape index (κ2) is 4.27. The van der Waals surface area contributed by atoms with Crippen molar-refractivity contribution in [1.29, 1.82) is 0 Å². The van der Waals surface area contributed by atoms with Crippen LogP contribution in [0.3, 0.4) is 0 Å². The van der Waals surface area contributed by atoms with Crippen LogP contribution in [0.5, 0.6) is 0 Å². The third-order valence-electron chi connectivity index (χ3n) is 2.44. The molecule has 0 saturated heterocycles. The third-order valence-corrected chi connectivity index (χ3v) is 2.44. The number of hydrogen-bond donors (Lipinski definition) is 1. The van der Waals surface area contributed by atoms with Gasteiger partial charge in [0.1, 0.15) is 0 Å². The zero-order valence-corrected chi connectivity index (χ0v) is 9.39. The Hall–Kier alpha value is -1.31. The van der Waals surface area contributed by atoms with Gasteiger partial charge in [0.2, 0.25) is 0 Å². The fraction of sp³-hybridized carbons (Fsp3) is 0.417. The Balaban J connectivity index is 3.16. The van der Waals surface area contributed by atoms with Crippen LogP contribution in [0.2, 0.25) is 0 Å².